The summed E-state index contributed by atoms with van der Waals surface area (Å²) in [5, 5.41) is 5.20. The monoisotopic (exact) mass is 317 g/mol. The van der Waals surface area contributed by atoms with Gasteiger partial charge in [-0.3, -0.25) is 4.79 Å². The molecule has 1 aliphatic heterocycles. The van der Waals surface area contributed by atoms with Crippen LogP contribution in [-0.4, -0.2) is 19.5 Å². The Labute approximate surface area is 136 Å². The van der Waals surface area contributed by atoms with Crippen molar-refractivity contribution < 1.29 is 9.53 Å². The highest BCUT2D eigenvalue weighted by atomic mass is 32.1. The van der Waals surface area contributed by atoms with Crippen molar-refractivity contribution in [2.24, 2.45) is 5.92 Å². The van der Waals surface area contributed by atoms with Crippen LogP contribution in [0.5, 0.6) is 0 Å². The predicted octanol–water partition coefficient (Wildman–Crippen LogP) is 3.77. The Morgan fingerprint density at radius 3 is 2.77 bits per heavy atom. The van der Waals surface area contributed by atoms with Gasteiger partial charge in [0.15, 0.2) is 5.78 Å². The van der Waals surface area contributed by atoms with E-state index >= 15 is 0 Å². The first kappa shape index (κ1) is 16.7. The van der Waals surface area contributed by atoms with Gasteiger partial charge < -0.3 is 10.1 Å². The van der Waals surface area contributed by atoms with E-state index in [1.54, 1.807) is 18.4 Å². The Bertz CT molecular complexity index is 625. The summed E-state index contributed by atoms with van der Waals surface area (Å²) < 4.78 is 5.19. The lowest BCUT2D eigenvalue weighted by molar-refractivity contribution is -0.119. The minimum absolute atomic E-state index is 0.0569. The maximum Gasteiger partial charge on any atom is 0.166 e. The molecule has 1 unspecified atom stereocenters. The quantitative estimate of drug-likeness (QED) is 0.832. The second-order valence-corrected chi connectivity index (χ2v) is 6.65. The number of hydrogen-bond donors (Lipinski definition) is 1. The highest BCUT2D eigenvalue weighted by Crippen LogP contribution is 2.25. The molecule has 0 bridgehead atoms. The molecular weight excluding hydrogens is 294 g/mol. The van der Waals surface area contributed by atoms with Crippen molar-refractivity contribution in [2.45, 2.75) is 26.7 Å². The Morgan fingerprint density at radius 1 is 1.41 bits per heavy atom. The average Bonchev–Trinajstić information content (AvgIpc) is 2.87. The number of nitrogens with one attached hydrogen (secondary N) is 1. The van der Waals surface area contributed by atoms with Crippen LogP contribution in [0.25, 0.3) is 0 Å². The number of allylic oxidation sites excluding steroid dienone is 4. The van der Waals surface area contributed by atoms with E-state index in [0.29, 0.717) is 6.61 Å². The van der Waals surface area contributed by atoms with Gasteiger partial charge >= 0.3 is 0 Å². The summed E-state index contributed by atoms with van der Waals surface area (Å²) >= 11 is 1.72. The molecule has 2 rings (SSSR count). The van der Waals surface area contributed by atoms with E-state index in [-0.39, 0.29) is 11.7 Å². The van der Waals surface area contributed by atoms with E-state index in [1.165, 1.54) is 10.4 Å². The number of hydrogen-bond acceptors (Lipinski definition) is 4. The van der Waals surface area contributed by atoms with Crippen LogP contribution in [0.1, 0.15) is 23.8 Å². The van der Waals surface area contributed by atoms with Crippen molar-refractivity contribution >= 4 is 17.1 Å². The zero-order valence-corrected chi connectivity index (χ0v) is 14.3. The first-order chi connectivity index (χ1) is 10.5. The van der Waals surface area contributed by atoms with Crippen molar-refractivity contribution in [1.29, 1.82) is 0 Å². The summed E-state index contributed by atoms with van der Waals surface area (Å²) in [6.45, 7) is 8.54. The van der Waals surface area contributed by atoms with E-state index in [2.05, 4.69) is 30.3 Å². The number of carbonyl (C=O) groups is 1. The molecule has 22 heavy (non-hydrogen) atoms. The Kier molecular flexibility index (Phi) is 5.75. The van der Waals surface area contributed by atoms with Gasteiger partial charge in [0.25, 0.3) is 0 Å². The largest absolute Gasteiger partial charge is 0.385 e. The van der Waals surface area contributed by atoms with Gasteiger partial charge in [-0.2, -0.15) is 0 Å². The molecule has 2 heterocycles. The number of ketones is 1. The molecule has 0 aliphatic carbocycles. The SMILES string of the molecule is C=C1C=C(C(=O)C(CCOC)Cc2sccc2C)C=C(C)N1. The van der Waals surface area contributed by atoms with Crippen molar-refractivity contribution in [3.8, 4) is 0 Å². The van der Waals surface area contributed by atoms with E-state index in [0.717, 1.165) is 29.8 Å². The number of ether oxygens (including phenoxy) is 1. The number of Topliss-reactive ketones (excluding diaryl/α,β-unsaturated/α-hetero) is 1. The molecule has 4 heteroatoms. The Morgan fingerprint density at radius 2 is 2.18 bits per heavy atom. The molecule has 0 saturated carbocycles. The third kappa shape index (κ3) is 4.18. The van der Waals surface area contributed by atoms with Gasteiger partial charge in [0.2, 0.25) is 0 Å². The summed E-state index contributed by atoms with van der Waals surface area (Å²) in [4.78, 5) is 14.2. The molecule has 118 valence electrons. The first-order valence-corrected chi connectivity index (χ1v) is 8.31. The number of aryl methyl sites for hydroxylation is 1. The molecule has 0 saturated heterocycles. The van der Waals surface area contributed by atoms with Gasteiger partial charge in [-0.1, -0.05) is 6.58 Å². The summed E-state index contributed by atoms with van der Waals surface area (Å²) in [5.74, 6) is 0.116. The first-order valence-electron chi connectivity index (χ1n) is 7.43. The van der Waals surface area contributed by atoms with Gasteiger partial charge in [0.1, 0.15) is 0 Å². The van der Waals surface area contributed by atoms with Crippen LogP contribution in [0, 0.1) is 12.8 Å². The van der Waals surface area contributed by atoms with Crippen LogP contribution >= 0.6 is 11.3 Å². The Hall–Kier alpha value is -1.65. The molecule has 0 aromatic carbocycles. The molecular formula is C18H23NO2S. The number of methoxy groups -OCH3 is 1. The topological polar surface area (TPSA) is 38.3 Å². The lowest BCUT2D eigenvalue weighted by Crippen LogP contribution is -2.23. The second kappa shape index (κ2) is 7.56. The normalized spacial score (nSPS) is 15.9. The van der Waals surface area contributed by atoms with Crippen LogP contribution in [0.3, 0.4) is 0 Å². The molecule has 0 amide bonds. The fraction of sp³-hybridized carbons (Fsp3) is 0.389. The van der Waals surface area contributed by atoms with Gasteiger partial charge in [-0.15, -0.1) is 11.3 Å². The van der Waals surface area contributed by atoms with Crippen molar-refractivity contribution in [2.75, 3.05) is 13.7 Å². The summed E-state index contributed by atoms with van der Waals surface area (Å²) in [6, 6.07) is 2.10. The zero-order chi connectivity index (χ0) is 16.1. The molecule has 1 aliphatic rings. The molecule has 1 N–H and O–H groups in total. The van der Waals surface area contributed by atoms with Gasteiger partial charge in [0.05, 0.1) is 0 Å². The van der Waals surface area contributed by atoms with E-state index in [4.69, 9.17) is 4.74 Å². The highest BCUT2D eigenvalue weighted by molar-refractivity contribution is 7.10. The maximum absolute atomic E-state index is 12.9. The van der Waals surface area contributed by atoms with Crippen LogP contribution in [0.15, 0.2) is 47.1 Å². The second-order valence-electron chi connectivity index (χ2n) is 5.65. The third-order valence-electron chi connectivity index (χ3n) is 3.79. The lowest BCUT2D eigenvalue weighted by Gasteiger charge is -2.19. The fourth-order valence-electron chi connectivity index (χ4n) is 2.59. The minimum atomic E-state index is -0.0569. The van der Waals surface area contributed by atoms with Gasteiger partial charge in [-0.05, 0) is 55.9 Å². The predicted molar refractivity (Wildman–Crippen MR) is 91.9 cm³/mol. The standard InChI is InChI=1S/C18H23NO2S/c1-12-6-8-22-17(12)11-15(5-7-21-4)18(20)16-9-13(2)19-14(3)10-16/h6,8-10,15,19H,2,5,7,11H2,1,3-4H3. The van der Waals surface area contributed by atoms with E-state index in [9.17, 15) is 4.79 Å². The number of carbonyl (C=O) groups excluding carboxylic acids is 1. The zero-order valence-electron chi connectivity index (χ0n) is 13.4. The third-order valence-corrected chi connectivity index (χ3v) is 4.83. The van der Waals surface area contributed by atoms with E-state index < -0.39 is 0 Å². The lowest BCUT2D eigenvalue weighted by atomic mass is 9.89. The average molecular weight is 317 g/mol. The molecule has 0 spiro atoms. The number of thiophene rings is 1. The highest BCUT2D eigenvalue weighted by Gasteiger charge is 2.24. The van der Waals surface area contributed by atoms with Crippen LogP contribution in [0.4, 0.5) is 0 Å². The smallest absolute Gasteiger partial charge is 0.166 e. The number of dihydropyridines is 1. The Balaban J connectivity index is 2.19. The van der Waals surface area contributed by atoms with Crippen LogP contribution < -0.4 is 5.32 Å². The van der Waals surface area contributed by atoms with Crippen molar-refractivity contribution in [3.63, 3.8) is 0 Å². The number of rotatable bonds is 7. The maximum atomic E-state index is 12.9. The van der Waals surface area contributed by atoms with Crippen molar-refractivity contribution in [1.82, 2.24) is 5.32 Å². The molecule has 3 nitrogen and oxygen atoms in total. The summed E-state index contributed by atoms with van der Waals surface area (Å²) in [6.07, 6.45) is 5.24. The van der Waals surface area contributed by atoms with Crippen LogP contribution in [-0.2, 0) is 16.0 Å². The molecule has 1 aromatic rings. The molecule has 0 radical (unpaired) electrons. The van der Waals surface area contributed by atoms with E-state index in [1.807, 2.05) is 19.1 Å². The van der Waals surface area contributed by atoms with Gasteiger partial charge in [0, 0.05) is 41.5 Å². The fourth-order valence-corrected chi connectivity index (χ4v) is 3.58. The summed E-state index contributed by atoms with van der Waals surface area (Å²) in [5.41, 5.74) is 3.71. The molecule has 1 aromatic heterocycles. The summed E-state index contributed by atoms with van der Waals surface area (Å²) in [7, 11) is 1.67. The minimum Gasteiger partial charge on any atom is -0.385 e. The van der Waals surface area contributed by atoms with Crippen LogP contribution in [0.2, 0.25) is 0 Å². The van der Waals surface area contributed by atoms with Crippen molar-refractivity contribution in [3.05, 3.63) is 57.6 Å². The molecule has 0 fully saturated rings. The van der Waals surface area contributed by atoms with Gasteiger partial charge in [-0.25, -0.2) is 0 Å². The molecule has 1 atom stereocenters.